The number of esters is 1. The average molecular weight is 486 g/mol. The lowest BCUT2D eigenvalue weighted by Gasteiger charge is -2.27. The van der Waals surface area contributed by atoms with Crippen molar-refractivity contribution in [1.82, 2.24) is 19.7 Å². The molecule has 36 heavy (non-hydrogen) atoms. The van der Waals surface area contributed by atoms with E-state index in [1.807, 2.05) is 49.5 Å². The minimum absolute atomic E-state index is 0.219. The number of benzene rings is 2. The Morgan fingerprint density at radius 1 is 1.14 bits per heavy atom. The molecule has 0 saturated carbocycles. The van der Waals surface area contributed by atoms with Crippen molar-refractivity contribution >= 4 is 28.6 Å². The van der Waals surface area contributed by atoms with Crippen molar-refractivity contribution in [1.29, 1.82) is 0 Å². The van der Waals surface area contributed by atoms with E-state index >= 15 is 0 Å². The molecule has 1 amide bonds. The number of aromatic amines is 1. The number of hydrogen-bond acceptors (Lipinski definition) is 6. The third-order valence-corrected chi connectivity index (χ3v) is 6.35. The van der Waals surface area contributed by atoms with Crippen molar-refractivity contribution in [2.75, 3.05) is 18.9 Å². The summed E-state index contributed by atoms with van der Waals surface area (Å²) in [7, 11) is 2.00. The molecule has 0 bridgehead atoms. The molecule has 2 aromatic heterocycles. The predicted molar refractivity (Wildman–Crippen MR) is 136 cm³/mol. The summed E-state index contributed by atoms with van der Waals surface area (Å²) in [5.74, 6) is -0.856. The van der Waals surface area contributed by atoms with Gasteiger partial charge in [-0.3, -0.25) is 19.7 Å². The fraction of sp³-hybridized carbons (Fsp3) is 0.259. The van der Waals surface area contributed by atoms with Crippen LogP contribution >= 0.6 is 0 Å². The molecule has 0 saturated heterocycles. The maximum Gasteiger partial charge on any atom is 0.340 e. The van der Waals surface area contributed by atoms with E-state index < -0.39 is 18.0 Å². The first-order valence-electron chi connectivity index (χ1n) is 11.9. The fourth-order valence-electron chi connectivity index (χ4n) is 4.51. The highest BCUT2D eigenvalue weighted by Gasteiger charge is 2.29. The maximum absolute atomic E-state index is 13.5. The first-order chi connectivity index (χ1) is 17.4. The van der Waals surface area contributed by atoms with Gasteiger partial charge in [-0.1, -0.05) is 43.3 Å². The first-order valence-corrected chi connectivity index (χ1v) is 11.9. The van der Waals surface area contributed by atoms with Gasteiger partial charge in [-0.2, -0.15) is 0 Å². The highest BCUT2D eigenvalue weighted by atomic mass is 16.5. The van der Waals surface area contributed by atoms with E-state index in [2.05, 4.69) is 15.3 Å². The van der Waals surface area contributed by atoms with Crippen LogP contribution in [-0.2, 0) is 22.5 Å². The number of carbonyl (C=O) groups excluding carboxylic acids is 2. The molecule has 0 fully saturated rings. The molecule has 2 N–H and O–H groups in total. The monoisotopic (exact) mass is 485 g/mol. The summed E-state index contributed by atoms with van der Waals surface area (Å²) in [6.07, 6.45) is -0.0304. The topological polar surface area (TPSA) is 109 Å². The maximum atomic E-state index is 13.5. The number of likely N-dealkylation sites (N-methyl/N-ethyl adjacent to an activating group) is 1. The van der Waals surface area contributed by atoms with Gasteiger partial charge in [0.05, 0.1) is 16.8 Å². The number of fused-ring (bicyclic) bond motifs is 2. The molecule has 3 heterocycles. The van der Waals surface area contributed by atoms with E-state index in [-0.39, 0.29) is 17.8 Å². The number of nitrogens with zero attached hydrogens (tertiary/aromatic N) is 3. The van der Waals surface area contributed by atoms with Crippen molar-refractivity contribution in [3.63, 3.8) is 0 Å². The molecule has 184 valence electrons. The lowest BCUT2D eigenvalue weighted by atomic mass is 9.96. The Labute approximate surface area is 207 Å². The number of nitrogens with one attached hydrogen (secondary N) is 2. The van der Waals surface area contributed by atoms with E-state index in [1.165, 1.54) is 10.7 Å². The average Bonchev–Trinajstić information content (AvgIpc) is 3.25. The molecule has 9 nitrogen and oxygen atoms in total. The normalized spacial score (nSPS) is 14.3. The second-order valence-corrected chi connectivity index (χ2v) is 8.89. The zero-order valence-electron chi connectivity index (χ0n) is 20.2. The number of anilines is 1. The third-order valence-electron chi connectivity index (χ3n) is 6.35. The van der Waals surface area contributed by atoms with Crippen LogP contribution in [0.2, 0.25) is 0 Å². The zero-order chi connectivity index (χ0) is 25.2. The van der Waals surface area contributed by atoms with Crippen molar-refractivity contribution < 1.29 is 14.3 Å². The molecule has 4 aromatic rings. The minimum atomic E-state index is -1.04. The van der Waals surface area contributed by atoms with Gasteiger partial charge in [0.15, 0.2) is 6.10 Å². The van der Waals surface area contributed by atoms with Crippen LogP contribution in [0.1, 0.15) is 35.0 Å². The summed E-state index contributed by atoms with van der Waals surface area (Å²) in [6, 6.07) is 17.8. The molecule has 5 rings (SSSR count). The summed E-state index contributed by atoms with van der Waals surface area (Å²) in [6.45, 7) is 3.20. The van der Waals surface area contributed by atoms with Crippen LogP contribution in [-0.4, -0.2) is 51.2 Å². The fourth-order valence-corrected chi connectivity index (χ4v) is 4.51. The quantitative estimate of drug-likeness (QED) is 0.406. The number of H-pyrrole nitrogens is 1. The van der Waals surface area contributed by atoms with Crippen LogP contribution in [0.4, 0.5) is 5.82 Å². The van der Waals surface area contributed by atoms with Gasteiger partial charge in [-0.05, 0) is 31.7 Å². The molecule has 2 aromatic carbocycles. The van der Waals surface area contributed by atoms with Gasteiger partial charge in [0.2, 0.25) is 0 Å². The zero-order valence-corrected chi connectivity index (χ0v) is 20.2. The summed E-state index contributed by atoms with van der Waals surface area (Å²) >= 11 is 0. The lowest BCUT2D eigenvalue weighted by Crippen LogP contribution is -2.34. The van der Waals surface area contributed by atoms with Crippen molar-refractivity contribution in [2.45, 2.75) is 32.4 Å². The van der Waals surface area contributed by atoms with Crippen LogP contribution in [0.15, 0.2) is 65.5 Å². The molecule has 1 aliphatic rings. The number of ether oxygens (including phenoxy) is 1. The van der Waals surface area contributed by atoms with Gasteiger partial charge < -0.3 is 15.0 Å². The predicted octanol–water partition coefficient (Wildman–Crippen LogP) is 3.28. The lowest BCUT2D eigenvalue weighted by molar-refractivity contribution is -0.124. The Bertz CT molecular complexity index is 1490. The van der Waals surface area contributed by atoms with E-state index in [0.717, 1.165) is 29.7 Å². The molecule has 9 heteroatoms. The van der Waals surface area contributed by atoms with Crippen molar-refractivity contribution in [2.24, 2.45) is 0 Å². The Kier molecular flexibility index (Phi) is 6.39. The van der Waals surface area contributed by atoms with Crippen LogP contribution < -0.4 is 10.9 Å². The summed E-state index contributed by atoms with van der Waals surface area (Å²) in [5.41, 5.74) is 3.23. The van der Waals surface area contributed by atoms with Crippen LogP contribution in [0.25, 0.3) is 16.6 Å². The van der Waals surface area contributed by atoms with Gasteiger partial charge in [-0.25, -0.2) is 9.48 Å². The Morgan fingerprint density at radius 2 is 1.89 bits per heavy atom. The number of rotatable bonds is 6. The van der Waals surface area contributed by atoms with Crippen LogP contribution in [0, 0.1) is 0 Å². The largest absolute Gasteiger partial charge is 0.449 e. The molecule has 1 aliphatic heterocycles. The number of amides is 1. The Hall–Kier alpha value is -4.24. The number of aromatic nitrogens is 3. The van der Waals surface area contributed by atoms with E-state index in [0.29, 0.717) is 23.2 Å². The minimum Gasteiger partial charge on any atom is -0.449 e. The molecule has 1 unspecified atom stereocenters. The van der Waals surface area contributed by atoms with Gasteiger partial charge >= 0.3 is 5.97 Å². The first kappa shape index (κ1) is 23.5. The molecule has 1 atom stereocenters. The smallest absolute Gasteiger partial charge is 0.340 e. The van der Waals surface area contributed by atoms with Crippen LogP contribution in [0.3, 0.4) is 0 Å². The number of carbonyl (C=O) groups is 2. The van der Waals surface area contributed by atoms with Gasteiger partial charge in [0, 0.05) is 42.2 Å². The molecule has 0 radical (unpaired) electrons. The van der Waals surface area contributed by atoms with E-state index in [4.69, 9.17) is 9.72 Å². The summed E-state index contributed by atoms with van der Waals surface area (Å²) < 4.78 is 7.08. The van der Waals surface area contributed by atoms with Gasteiger partial charge in [0.25, 0.3) is 11.5 Å². The number of hydrogen-bond donors (Lipinski definition) is 2. The number of para-hydroxylation sites is 2. The van der Waals surface area contributed by atoms with E-state index in [9.17, 15) is 14.4 Å². The summed E-state index contributed by atoms with van der Waals surface area (Å²) in [4.78, 5) is 45.8. The highest BCUT2D eigenvalue weighted by molar-refractivity contribution is 6.06. The molecule has 0 spiro atoms. The number of pyridine rings is 1. The second kappa shape index (κ2) is 9.79. The van der Waals surface area contributed by atoms with Crippen molar-refractivity contribution in [3.8, 4) is 5.69 Å². The SMILES string of the molecule is CCC(OC(=O)c1c2c(nc3ccccc13)CCN(C)C2)C(=O)Nc1cc(=O)n(-c2ccccc2)[nH]1. The summed E-state index contributed by atoms with van der Waals surface area (Å²) in [5, 5.41) is 6.26. The van der Waals surface area contributed by atoms with Crippen molar-refractivity contribution in [3.05, 3.63) is 87.8 Å². The molecular weight excluding hydrogens is 458 g/mol. The third kappa shape index (κ3) is 4.52. The van der Waals surface area contributed by atoms with Crippen LogP contribution in [0.5, 0.6) is 0 Å². The molecular formula is C27H27N5O4. The Balaban J connectivity index is 1.40. The second-order valence-electron chi connectivity index (χ2n) is 8.89. The Morgan fingerprint density at radius 3 is 2.67 bits per heavy atom. The van der Waals surface area contributed by atoms with E-state index in [1.54, 1.807) is 19.1 Å². The van der Waals surface area contributed by atoms with Gasteiger partial charge in [0.1, 0.15) is 5.82 Å². The molecule has 0 aliphatic carbocycles. The van der Waals surface area contributed by atoms with Gasteiger partial charge in [-0.15, -0.1) is 0 Å². The highest BCUT2D eigenvalue weighted by Crippen LogP contribution is 2.29. The standard InChI is InChI=1S/C27H27N5O4/c1-3-22(26(34)29-23-15-24(33)32(30-23)17-9-5-4-6-10-17)36-27(35)25-18-11-7-8-12-20(18)28-21-13-14-31(2)16-19(21)25/h4-12,15,22,30H,3,13-14,16H2,1-2H3,(H,29,34).